The lowest BCUT2D eigenvalue weighted by atomic mass is 9.98. The molecule has 0 fully saturated rings. The molecule has 1 aliphatic rings. The Morgan fingerprint density at radius 3 is 2.12 bits per heavy atom. The van der Waals surface area contributed by atoms with Crippen molar-refractivity contribution < 1.29 is 29.3 Å². The number of carbonyl (C=O) groups excluding carboxylic acids is 2. The summed E-state index contributed by atoms with van der Waals surface area (Å²) < 4.78 is 5.57. The van der Waals surface area contributed by atoms with Gasteiger partial charge in [0, 0.05) is 24.9 Å². The molecule has 2 amide bonds. The van der Waals surface area contributed by atoms with Crippen LogP contribution in [0.25, 0.3) is 11.1 Å². The third kappa shape index (κ3) is 5.90. The third-order valence-corrected chi connectivity index (χ3v) is 5.89. The molecule has 0 aromatic heterocycles. The minimum atomic E-state index is -1.16. The lowest BCUT2D eigenvalue weighted by Crippen LogP contribution is -2.45. The lowest BCUT2D eigenvalue weighted by Gasteiger charge is -2.26. The quantitative estimate of drug-likeness (QED) is 0.508. The number of aliphatic hydroxyl groups is 1. The van der Waals surface area contributed by atoms with E-state index in [1.54, 1.807) is 0 Å². The molecule has 2 aromatic carbocycles. The zero-order valence-corrected chi connectivity index (χ0v) is 18.9. The van der Waals surface area contributed by atoms with Crippen molar-refractivity contribution in [3.8, 4) is 11.1 Å². The number of amides is 2. The molecule has 176 valence electrons. The maximum atomic E-state index is 12.6. The number of carboxylic acid groups (broad SMARTS) is 1. The Balaban J connectivity index is 1.63. The number of carbonyl (C=O) groups is 3. The molecule has 33 heavy (non-hydrogen) atoms. The minimum absolute atomic E-state index is 0.0714. The minimum Gasteiger partial charge on any atom is -0.480 e. The van der Waals surface area contributed by atoms with Gasteiger partial charge in [0.2, 0.25) is 5.91 Å². The van der Waals surface area contributed by atoms with Gasteiger partial charge in [0.25, 0.3) is 0 Å². The number of carboxylic acids is 1. The second-order valence-electron chi connectivity index (χ2n) is 8.46. The molecule has 0 saturated heterocycles. The zero-order valence-electron chi connectivity index (χ0n) is 18.9. The van der Waals surface area contributed by atoms with E-state index in [1.165, 1.54) is 0 Å². The lowest BCUT2D eigenvalue weighted by molar-refractivity contribution is -0.145. The van der Waals surface area contributed by atoms with Crippen molar-refractivity contribution in [1.29, 1.82) is 0 Å². The summed E-state index contributed by atoms with van der Waals surface area (Å²) in [7, 11) is 0. The molecule has 0 saturated carbocycles. The Kier molecular flexibility index (Phi) is 8.06. The van der Waals surface area contributed by atoms with Gasteiger partial charge in [-0.3, -0.25) is 9.59 Å². The SMILES string of the molecule is CC(C)[C@@H](CC(=O)N(CCO)CC(=O)O)NC(=O)OCC1c2ccccc2-c2ccccc21. The summed E-state index contributed by atoms with van der Waals surface area (Å²) in [5, 5.41) is 20.9. The van der Waals surface area contributed by atoms with Crippen LogP contribution >= 0.6 is 0 Å². The first-order valence-electron chi connectivity index (χ1n) is 11.0. The first-order valence-corrected chi connectivity index (χ1v) is 11.0. The van der Waals surface area contributed by atoms with Gasteiger partial charge >= 0.3 is 12.1 Å². The molecule has 3 N–H and O–H groups in total. The van der Waals surface area contributed by atoms with Gasteiger partial charge in [0.05, 0.1) is 6.61 Å². The van der Waals surface area contributed by atoms with Gasteiger partial charge in [-0.05, 0) is 28.2 Å². The van der Waals surface area contributed by atoms with E-state index in [0.29, 0.717) is 0 Å². The molecule has 2 aromatic rings. The van der Waals surface area contributed by atoms with Gasteiger partial charge in [0.15, 0.2) is 0 Å². The van der Waals surface area contributed by atoms with Crippen LogP contribution in [0.5, 0.6) is 0 Å². The molecular weight excluding hydrogens is 424 g/mol. The fourth-order valence-electron chi connectivity index (χ4n) is 4.14. The average Bonchev–Trinajstić information content (AvgIpc) is 3.10. The summed E-state index contributed by atoms with van der Waals surface area (Å²) in [6, 6.07) is 15.6. The highest BCUT2D eigenvalue weighted by atomic mass is 16.5. The van der Waals surface area contributed by atoms with Gasteiger partial charge < -0.3 is 25.2 Å². The highest BCUT2D eigenvalue weighted by Gasteiger charge is 2.30. The van der Waals surface area contributed by atoms with Gasteiger partial charge in [-0.2, -0.15) is 0 Å². The van der Waals surface area contributed by atoms with Crippen molar-refractivity contribution in [2.75, 3.05) is 26.3 Å². The molecule has 8 heteroatoms. The average molecular weight is 455 g/mol. The Morgan fingerprint density at radius 1 is 1.03 bits per heavy atom. The van der Waals surface area contributed by atoms with Crippen molar-refractivity contribution in [1.82, 2.24) is 10.2 Å². The number of alkyl carbamates (subject to hydrolysis) is 1. The number of benzene rings is 2. The van der Waals surface area contributed by atoms with E-state index in [4.69, 9.17) is 14.9 Å². The molecule has 1 aliphatic carbocycles. The number of rotatable bonds is 10. The summed E-state index contributed by atoms with van der Waals surface area (Å²) in [5.41, 5.74) is 4.48. The first kappa shape index (κ1) is 24.3. The van der Waals surface area contributed by atoms with E-state index < -0.39 is 30.6 Å². The number of hydrogen-bond donors (Lipinski definition) is 3. The summed E-state index contributed by atoms with van der Waals surface area (Å²) in [6.07, 6.45) is -0.717. The van der Waals surface area contributed by atoms with Crippen LogP contribution < -0.4 is 5.32 Å². The maximum absolute atomic E-state index is 12.6. The third-order valence-electron chi connectivity index (χ3n) is 5.89. The first-order chi connectivity index (χ1) is 15.8. The molecule has 1 atom stereocenters. The number of aliphatic carboxylic acids is 1. The van der Waals surface area contributed by atoms with Crippen molar-refractivity contribution in [3.63, 3.8) is 0 Å². The van der Waals surface area contributed by atoms with Gasteiger partial charge in [-0.25, -0.2) is 4.79 Å². The van der Waals surface area contributed by atoms with Gasteiger partial charge in [-0.15, -0.1) is 0 Å². The molecular formula is C25H30N2O6. The Bertz CT molecular complexity index is 960. The highest BCUT2D eigenvalue weighted by molar-refractivity contribution is 5.82. The second-order valence-corrected chi connectivity index (χ2v) is 8.46. The summed E-state index contributed by atoms with van der Waals surface area (Å²) in [6.45, 7) is 2.94. The predicted octanol–water partition coefficient (Wildman–Crippen LogP) is 2.85. The fourth-order valence-corrected chi connectivity index (χ4v) is 4.14. The summed E-state index contributed by atoms with van der Waals surface area (Å²) in [5.74, 6) is -1.78. The Morgan fingerprint density at radius 2 is 1.61 bits per heavy atom. The van der Waals surface area contributed by atoms with E-state index in [2.05, 4.69) is 17.4 Å². The second kappa shape index (κ2) is 11.0. The molecule has 0 unspecified atom stereocenters. The van der Waals surface area contributed by atoms with Gasteiger partial charge in [-0.1, -0.05) is 62.4 Å². The number of fused-ring (bicyclic) bond motifs is 3. The monoisotopic (exact) mass is 454 g/mol. The molecule has 0 heterocycles. The number of nitrogens with zero attached hydrogens (tertiary/aromatic N) is 1. The van der Waals surface area contributed by atoms with Crippen LogP contribution in [-0.2, 0) is 14.3 Å². The number of aliphatic hydroxyl groups excluding tert-OH is 1. The standard InChI is InChI=1S/C25H30N2O6/c1-16(2)22(13-23(29)27(11-12-28)14-24(30)31)26-25(32)33-15-21-19-9-5-3-7-17(19)18-8-4-6-10-20(18)21/h3-10,16,21-22,28H,11-15H2,1-2H3,(H,26,32)(H,30,31)/t22-/m1/s1. The molecule has 0 bridgehead atoms. The Hall–Kier alpha value is -3.39. The van der Waals surface area contributed by atoms with Crippen LogP contribution in [0, 0.1) is 5.92 Å². The van der Waals surface area contributed by atoms with Crippen LogP contribution in [-0.4, -0.2) is 65.4 Å². The van der Waals surface area contributed by atoms with Crippen molar-refractivity contribution >= 4 is 18.0 Å². The molecule has 8 nitrogen and oxygen atoms in total. The van der Waals surface area contributed by atoms with Crippen LogP contribution in [0.2, 0.25) is 0 Å². The summed E-state index contributed by atoms with van der Waals surface area (Å²) >= 11 is 0. The van der Waals surface area contributed by atoms with Gasteiger partial charge in [0.1, 0.15) is 13.2 Å². The Labute approximate surface area is 193 Å². The molecule has 0 radical (unpaired) electrons. The maximum Gasteiger partial charge on any atom is 0.407 e. The topological polar surface area (TPSA) is 116 Å². The normalized spacial score (nSPS) is 13.2. The molecule has 0 spiro atoms. The zero-order chi connectivity index (χ0) is 24.0. The number of hydrogen-bond acceptors (Lipinski definition) is 5. The highest BCUT2D eigenvalue weighted by Crippen LogP contribution is 2.44. The number of ether oxygens (including phenoxy) is 1. The number of nitrogens with one attached hydrogen (secondary N) is 1. The predicted molar refractivity (Wildman–Crippen MR) is 123 cm³/mol. The van der Waals surface area contributed by atoms with Crippen LogP contribution in [0.3, 0.4) is 0 Å². The van der Waals surface area contributed by atoms with E-state index in [1.807, 2.05) is 50.2 Å². The smallest absolute Gasteiger partial charge is 0.407 e. The van der Waals surface area contributed by atoms with Crippen molar-refractivity contribution in [3.05, 3.63) is 59.7 Å². The van der Waals surface area contributed by atoms with E-state index in [0.717, 1.165) is 27.2 Å². The molecule has 0 aliphatic heterocycles. The molecule has 3 rings (SSSR count). The van der Waals surface area contributed by atoms with Crippen molar-refractivity contribution in [2.24, 2.45) is 5.92 Å². The van der Waals surface area contributed by atoms with Crippen LogP contribution in [0.15, 0.2) is 48.5 Å². The van der Waals surface area contributed by atoms with Crippen LogP contribution in [0.4, 0.5) is 4.79 Å². The van der Waals surface area contributed by atoms with Crippen molar-refractivity contribution in [2.45, 2.75) is 32.2 Å². The van der Waals surface area contributed by atoms with E-state index >= 15 is 0 Å². The largest absolute Gasteiger partial charge is 0.480 e. The summed E-state index contributed by atoms with van der Waals surface area (Å²) in [4.78, 5) is 37.2. The van der Waals surface area contributed by atoms with E-state index in [9.17, 15) is 14.4 Å². The fraction of sp³-hybridized carbons (Fsp3) is 0.400. The van der Waals surface area contributed by atoms with Crippen LogP contribution in [0.1, 0.15) is 37.3 Å². The van der Waals surface area contributed by atoms with E-state index in [-0.39, 0.29) is 38.0 Å².